The Bertz CT molecular complexity index is 4880. The molecule has 4 aliphatic heterocycles. The lowest BCUT2D eigenvalue weighted by Gasteiger charge is -2.42. The van der Waals surface area contributed by atoms with Gasteiger partial charge in [0.1, 0.15) is 78.5 Å². The van der Waals surface area contributed by atoms with Crippen molar-refractivity contribution in [1.29, 1.82) is 27.0 Å². The summed E-state index contributed by atoms with van der Waals surface area (Å²) in [5, 5.41) is 95.6. The highest BCUT2D eigenvalue weighted by atomic mass is 32.2. The maximum absolute atomic E-state index is 15.5. The van der Waals surface area contributed by atoms with Gasteiger partial charge in [0.2, 0.25) is 100 Å². The number of hydrogen-bond acceptors (Lipinski definition) is 27. The topological polar surface area (TPSA) is 862 Å². The van der Waals surface area contributed by atoms with E-state index in [9.17, 15) is 33.9 Å². The average Bonchev–Trinajstić information content (AvgIpc) is 1.71. The van der Waals surface area contributed by atoms with E-state index >= 15 is 57.5 Å². The number of nitrogens with one attached hydrogen (secondary N) is 23. The number of carbonyl (C=O) groups excluding carboxylic acids is 17. The summed E-state index contributed by atoms with van der Waals surface area (Å²) >= 11 is 2.87. The third-order valence-corrected chi connectivity index (χ3v) is 27.5. The van der Waals surface area contributed by atoms with Gasteiger partial charge in [-0.1, -0.05) is 66.2 Å². The molecule has 4 fully saturated rings. The second-order valence-electron chi connectivity index (χ2n) is 37.1. The van der Waals surface area contributed by atoms with Gasteiger partial charge in [-0.15, -0.1) is 0 Å². The van der Waals surface area contributed by atoms with Gasteiger partial charge in [-0.05, 0) is 126 Å². The van der Waals surface area contributed by atoms with Crippen LogP contribution in [0.1, 0.15) is 176 Å². The van der Waals surface area contributed by atoms with Crippen LogP contribution in [0.15, 0.2) is 30.5 Å². The monoisotopic (exact) mass is 2110 g/mol. The van der Waals surface area contributed by atoms with Crippen molar-refractivity contribution in [2.45, 2.75) is 261 Å². The molecule has 0 radical (unpaired) electrons. The Morgan fingerprint density at radius 2 is 0.932 bits per heavy atom. The molecule has 17 amide bonds. The fraction of sp³-hybridized carbons (Fsp3) is 0.656. The Morgan fingerprint density at radius 3 is 1.43 bits per heavy atom. The van der Waals surface area contributed by atoms with Gasteiger partial charge < -0.3 is 160 Å². The number of benzene rings is 1. The van der Waals surface area contributed by atoms with Crippen LogP contribution in [0.25, 0.3) is 10.9 Å². The molecule has 15 atom stereocenters. The number of carboxylic acid groups (broad SMARTS) is 1. The molecule has 0 unspecified atom stereocenters. The van der Waals surface area contributed by atoms with Gasteiger partial charge in [0, 0.05) is 123 Å². The maximum atomic E-state index is 15.5. The summed E-state index contributed by atoms with van der Waals surface area (Å²) in [7, 11) is 0. The minimum absolute atomic E-state index is 0.00946. The first-order valence-electron chi connectivity index (χ1n) is 49.0. The van der Waals surface area contributed by atoms with Crippen molar-refractivity contribution >= 4 is 182 Å². The molecule has 38 N–H and O–H groups in total. The van der Waals surface area contributed by atoms with Crippen molar-refractivity contribution in [1.82, 2.24) is 115 Å². The number of aromatic nitrogens is 1. The van der Waals surface area contributed by atoms with E-state index < -0.39 is 284 Å². The molecule has 56 heteroatoms. The number of carboxylic acids is 1. The van der Waals surface area contributed by atoms with Crippen LogP contribution in [0.2, 0.25) is 0 Å². The molecule has 53 nitrogen and oxygen atoms in total. The highest BCUT2D eigenvalue weighted by Crippen LogP contribution is 2.26. The molecule has 0 aliphatic carbocycles. The predicted molar refractivity (Wildman–Crippen MR) is 549 cm³/mol. The predicted octanol–water partition coefficient (Wildman–Crippen LogP) is -6.58. The zero-order chi connectivity index (χ0) is 108. The van der Waals surface area contributed by atoms with Gasteiger partial charge >= 0.3 is 5.97 Å². The fourth-order valence-corrected chi connectivity index (χ4v) is 19.2. The van der Waals surface area contributed by atoms with E-state index in [1.54, 1.807) is 72.0 Å². The molecule has 5 heterocycles. The summed E-state index contributed by atoms with van der Waals surface area (Å²) in [6, 6.07) is -14.8. The zero-order valence-electron chi connectivity index (χ0n) is 83.5. The third kappa shape index (κ3) is 42.3. The van der Waals surface area contributed by atoms with Crippen molar-refractivity contribution in [2.24, 2.45) is 57.9 Å². The number of H-pyrrole nitrogens is 1. The summed E-state index contributed by atoms with van der Waals surface area (Å²) in [5.41, 5.74) is 41.3. The number of thioether (sulfide) groups is 3. The maximum Gasteiger partial charge on any atom is 0.326 e. The highest BCUT2D eigenvalue weighted by molar-refractivity contribution is 7.99. The largest absolute Gasteiger partial charge is 0.480 e. The SMILES string of the molecule is CC[C@H](C)[C@@H]1NC(=O)[C@@H](NC(=O)[C@@H](N)CCCNC(=N)N)CSCCC(=O)N2CN3CN(C2)C(=O)CCSC[C@H](NC(=O)[C@@H]2CCCN2C(=O)[C@H](CC(C)C)NC(=O)[C@H](CCCNC(=N)N)NC1=O)C(=O)N[C@@H](CCCNC(=N)N)C(=O)N[C@@H](CCC(N)=O)C(=O)N[C@@H](CC(C)C)C(=O)N[C@@H](CCCNC(=N)N)C(=O)N[C@H](C(=O)N[C@@H](CCCNC(=N)N)C(=O)N[C@@H](Cc1c[nH]c2ccccc12)C(=O)O)CSCCC3=O. The van der Waals surface area contributed by atoms with Crippen molar-refractivity contribution in [3.8, 4) is 0 Å². The van der Waals surface area contributed by atoms with Crippen molar-refractivity contribution in [2.75, 3.05) is 93.8 Å². The lowest BCUT2D eigenvalue weighted by Crippen LogP contribution is -2.61. The molecule has 1 aromatic heterocycles. The molecule has 4 aliphatic rings. The van der Waals surface area contributed by atoms with E-state index in [0.717, 1.165) is 35.3 Å². The van der Waals surface area contributed by atoms with Crippen LogP contribution < -0.4 is 131 Å². The first kappa shape index (κ1) is 121. The first-order valence-corrected chi connectivity index (χ1v) is 52.4. The van der Waals surface area contributed by atoms with Gasteiger partial charge in [-0.25, -0.2) is 4.79 Å². The van der Waals surface area contributed by atoms with Crippen LogP contribution in [0.5, 0.6) is 0 Å². The first-order chi connectivity index (χ1) is 69.2. The van der Waals surface area contributed by atoms with Crippen LogP contribution in [0.4, 0.5) is 0 Å². The number of hydrogen-bond donors (Lipinski definition) is 31. The summed E-state index contributed by atoms with van der Waals surface area (Å²) < 4.78 is 0. The molecule has 1 aromatic carbocycles. The second-order valence-corrected chi connectivity index (χ2v) is 40.6. The van der Waals surface area contributed by atoms with Crippen molar-refractivity contribution < 1.29 is 91.4 Å². The van der Waals surface area contributed by atoms with Crippen molar-refractivity contribution in [3.05, 3.63) is 36.0 Å². The summed E-state index contributed by atoms with van der Waals surface area (Å²) in [6.45, 7) is 8.87. The molecular formula is C90H150N34O19S3. The van der Waals surface area contributed by atoms with E-state index in [2.05, 4.69) is 95.4 Å². The van der Waals surface area contributed by atoms with Crippen LogP contribution in [0, 0.1) is 44.8 Å². The Hall–Kier alpha value is -13.4. The number of amides is 17. The van der Waals surface area contributed by atoms with Crippen LogP contribution >= 0.6 is 35.3 Å². The number of guanidine groups is 5. The number of rotatable bonds is 38. The van der Waals surface area contributed by atoms with E-state index in [1.807, 2.05) is 0 Å². The molecule has 0 saturated carbocycles. The van der Waals surface area contributed by atoms with Gasteiger partial charge in [-0.3, -0.25) is 109 Å². The van der Waals surface area contributed by atoms with E-state index in [0.29, 0.717) is 16.5 Å². The molecular weight excluding hydrogens is 1960 g/mol. The smallest absolute Gasteiger partial charge is 0.326 e. The van der Waals surface area contributed by atoms with Crippen LogP contribution in [0.3, 0.4) is 0 Å². The number of carbonyl (C=O) groups is 18. The standard InChI is InChI=1S/C90H150N34O19S3/c1-7-50(6)71-83(140)113-58(22-14-33-107-90(101)102)74(131)115-61(39-49(4)5)84(141)124-34-15-23-66(124)82(139)119-64-43-145-36-27-69(127)122-45-121(46-123(47-122)70(128)28-37-146-44-65(81(138)120-71)117-72(129)53(91)17-10-29-103-86(93)94)68(126)26-35-144-42-63(79(136)111-56(20-12-31-105-88(97)98)75(132)116-62(85(142)143)40-51-41-108-54-18-9-8-16-52(51)54)118-76(133)57(21-13-32-106-89(99)100)109-78(135)60(38-48(2)3)114-77(134)59(24-25-67(92)125)112-73(130)55(110-80(64)137)19-11-30-104-87(95)96/h8-9,16,18,41,48-50,53,55-66,71,108H,7,10-15,17,19-40,42-47,91H2,1-6H3,(H2,92,125)(H,109,135)(H,110,137)(H,111,136)(H,112,130)(H,113,140)(H,114,134)(H,115,131)(H,116,132)(H,117,129)(H,118,133)(H,119,139)(H,120,138)(H,142,143)(H4,93,94,103)(H4,95,96,104)(H4,97,98,105)(H4,99,100,106)(H4,101,102,107)/t50-,53-,55-,56-,57-,58-,59-,60-,61-,62-,63-,64-,65-,66-,71-/m0/s1. The van der Waals surface area contributed by atoms with Crippen LogP contribution in [-0.4, -0.2) is 344 Å². The zero-order valence-corrected chi connectivity index (χ0v) is 86.0. The number of fused-ring (bicyclic) bond motifs is 9. The van der Waals surface area contributed by atoms with E-state index in [-0.39, 0.29) is 183 Å². The molecule has 4 bridgehead atoms. The molecule has 2 aromatic rings. The minimum Gasteiger partial charge on any atom is -0.480 e. The summed E-state index contributed by atoms with van der Waals surface area (Å²) in [6.07, 6.45) is -1.47. The van der Waals surface area contributed by atoms with Gasteiger partial charge in [0.25, 0.3) is 0 Å². The fourth-order valence-electron chi connectivity index (χ4n) is 16.3. The van der Waals surface area contributed by atoms with Crippen molar-refractivity contribution in [3.63, 3.8) is 0 Å². The molecule has 812 valence electrons. The number of primary amides is 1. The molecule has 6 rings (SSSR count). The Balaban J connectivity index is 1.54. The Labute approximate surface area is 859 Å². The quantitative estimate of drug-likeness (QED) is 0.0169. The van der Waals surface area contributed by atoms with E-state index in [4.69, 9.17) is 67.2 Å². The number of para-hydroxylation sites is 1. The Morgan fingerprint density at radius 1 is 0.486 bits per heavy atom. The van der Waals surface area contributed by atoms with Gasteiger partial charge in [-0.2, -0.15) is 35.3 Å². The van der Waals surface area contributed by atoms with Gasteiger partial charge in [0.05, 0.1) is 26.0 Å². The third-order valence-electron chi connectivity index (χ3n) is 24.4. The molecule has 0 spiro atoms. The number of nitrogens with zero attached hydrogens (tertiary/aromatic N) is 4. The minimum atomic E-state index is -1.77. The highest BCUT2D eigenvalue weighted by Gasteiger charge is 2.44. The summed E-state index contributed by atoms with van der Waals surface area (Å²) in [5.74, 6) is -22.1. The summed E-state index contributed by atoms with van der Waals surface area (Å²) in [4.78, 5) is 275. The molecule has 146 heavy (non-hydrogen) atoms. The van der Waals surface area contributed by atoms with Gasteiger partial charge in [0.15, 0.2) is 29.8 Å². The lowest BCUT2D eigenvalue weighted by molar-refractivity contribution is -0.158. The average molecular weight is 2110 g/mol. The number of nitrogens with two attached hydrogens (primary N) is 7. The number of aromatic amines is 1. The Kier molecular flexibility index (Phi) is 51.9. The molecule has 4 saturated heterocycles. The lowest BCUT2D eigenvalue weighted by atomic mass is 9.97. The van der Waals surface area contributed by atoms with E-state index in [1.165, 1.54) is 19.6 Å². The normalized spacial score (nSPS) is 22.8. The van der Waals surface area contributed by atoms with Crippen LogP contribution in [-0.2, 0) is 92.7 Å². The second kappa shape index (κ2) is 62.4. The number of aliphatic carboxylic acids is 1.